The SMILES string of the molecule is CCC(CC(N)=NO)NS(=O)(=O)NC(C)C. The van der Waals surface area contributed by atoms with Crippen molar-refractivity contribution in [3.8, 4) is 0 Å². The molecule has 0 aliphatic heterocycles. The Bertz CT molecular complexity index is 326. The number of hydrogen-bond donors (Lipinski definition) is 4. The van der Waals surface area contributed by atoms with Crippen LogP contribution in [0, 0.1) is 0 Å². The Labute approximate surface area is 96.3 Å². The van der Waals surface area contributed by atoms with Crippen molar-refractivity contribution in [3.05, 3.63) is 0 Å². The van der Waals surface area contributed by atoms with Crippen molar-refractivity contribution < 1.29 is 13.6 Å². The monoisotopic (exact) mass is 252 g/mol. The van der Waals surface area contributed by atoms with E-state index in [1.165, 1.54) is 0 Å². The van der Waals surface area contributed by atoms with E-state index in [2.05, 4.69) is 14.6 Å². The molecule has 0 bridgehead atoms. The van der Waals surface area contributed by atoms with Gasteiger partial charge in [0.05, 0.1) is 0 Å². The van der Waals surface area contributed by atoms with Crippen molar-refractivity contribution in [3.63, 3.8) is 0 Å². The number of nitrogens with one attached hydrogen (secondary N) is 2. The summed E-state index contributed by atoms with van der Waals surface area (Å²) in [7, 11) is -3.54. The second kappa shape index (κ2) is 6.66. The second-order valence-corrected chi connectivity index (χ2v) is 5.27. The highest BCUT2D eigenvalue weighted by molar-refractivity contribution is 7.87. The summed E-state index contributed by atoms with van der Waals surface area (Å²) >= 11 is 0. The van der Waals surface area contributed by atoms with Gasteiger partial charge in [0.2, 0.25) is 0 Å². The van der Waals surface area contributed by atoms with E-state index < -0.39 is 10.2 Å². The minimum atomic E-state index is -3.54. The Balaban J connectivity index is 4.43. The molecule has 0 rings (SSSR count). The molecule has 7 nitrogen and oxygen atoms in total. The first kappa shape index (κ1) is 15.1. The normalized spacial score (nSPS) is 15.4. The molecule has 0 aliphatic carbocycles. The van der Waals surface area contributed by atoms with Crippen molar-refractivity contribution >= 4 is 16.0 Å². The van der Waals surface area contributed by atoms with Gasteiger partial charge in [0, 0.05) is 18.5 Å². The van der Waals surface area contributed by atoms with E-state index in [1.807, 2.05) is 6.92 Å². The van der Waals surface area contributed by atoms with Gasteiger partial charge in [-0.15, -0.1) is 0 Å². The fraction of sp³-hybridized carbons (Fsp3) is 0.875. The van der Waals surface area contributed by atoms with E-state index in [0.717, 1.165) is 0 Å². The molecule has 0 saturated carbocycles. The van der Waals surface area contributed by atoms with E-state index in [4.69, 9.17) is 10.9 Å². The summed E-state index contributed by atoms with van der Waals surface area (Å²) in [5.74, 6) is -0.000836. The number of nitrogens with zero attached hydrogens (tertiary/aromatic N) is 1. The van der Waals surface area contributed by atoms with Gasteiger partial charge in [0.25, 0.3) is 10.2 Å². The van der Waals surface area contributed by atoms with Crippen LogP contribution in [0.15, 0.2) is 5.16 Å². The molecule has 0 spiro atoms. The molecule has 0 saturated heterocycles. The topological polar surface area (TPSA) is 117 Å². The molecule has 0 fully saturated rings. The van der Waals surface area contributed by atoms with Crippen LogP contribution in [0.25, 0.3) is 0 Å². The molecule has 0 heterocycles. The molecular weight excluding hydrogens is 232 g/mol. The van der Waals surface area contributed by atoms with Crippen molar-refractivity contribution in [2.45, 2.75) is 45.7 Å². The molecule has 0 amide bonds. The number of hydrogen-bond acceptors (Lipinski definition) is 4. The lowest BCUT2D eigenvalue weighted by atomic mass is 10.1. The first-order chi connectivity index (χ1) is 7.30. The largest absolute Gasteiger partial charge is 0.409 e. The Morgan fingerprint density at radius 3 is 2.38 bits per heavy atom. The summed E-state index contributed by atoms with van der Waals surface area (Å²) in [4.78, 5) is 0. The van der Waals surface area contributed by atoms with Crippen LogP contribution in [0.2, 0.25) is 0 Å². The number of oxime groups is 1. The van der Waals surface area contributed by atoms with Gasteiger partial charge in [0.15, 0.2) is 0 Å². The van der Waals surface area contributed by atoms with Crippen LogP contribution in [0.3, 0.4) is 0 Å². The average Bonchev–Trinajstić information content (AvgIpc) is 2.13. The molecule has 96 valence electrons. The first-order valence-electron chi connectivity index (χ1n) is 5.06. The average molecular weight is 252 g/mol. The standard InChI is InChI=1S/C8H20N4O3S/c1-4-7(5-8(9)10-13)12-16(14,15)11-6(2)3/h6-7,11-13H,4-5H2,1-3H3,(H2,9,10). The molecule has 0 aromatic carbocycles. The van der Waals surface area contributed by atoms with Gasteiger partial charge in [-0.05, 0) is 20.3 Å². The fourth-order valence-corrected chi connectivity index (χ4v) is 2.50. The Morgan fingerprint density at radius 2 is 2.00 bits per heavy atom. The third-order valence-electron chi connectivity index (χ3n) is 1.79. The van der Waals surface area contributed by atoms with E-state index in [-0.39, 0.29) is 24.3 Å². The number of rotatable bonds is 7. The van der Waals surface area contributed by atoms with E-state index >= 15 is 0 Å². The van der Waals surface area contributed by atoms with Gasteiger partial charge < -0.3 is 10.9 Å². The maximum atomic E-state index is 11.5. The highest BCUT2D eigenvalue weighted by Crippen LogP contribution is 1.99. The van der Waals surface area contributed by atoms with Crippen LogP contribution < -0.4 is 15.2 Å². The Kier molecular flexibility index (Phi) is 6.31. The van der Waals surface area contributed by atoms with Gasteiger partial charge in [-0.1, -0.05) is 12.1 Å². The van der Waals surface area contributed by atoms with Crippen LogP contribution in [0.4, 0.5) is 0 Å². The van der Waals surface area contributed by atoms with Gasteiger partial charge in [0.1, 0.15) is 5.84 Å². The van der Waals surface area contributed by atoms with Crippen LogP contribution in [-0.2, 0) is 10.2 Å². The van der Waals surface area contributed by atoms with Crippen molar-refractivity contribution in [1.29, 1.82) is 0 Å². The summed E-state index contributed by atoms with van der Waals surface area (Å²) in [6, 6.07) is -0.564. The summed E-state index contributed by atoms with van der Waals surface area (Å²) in [6.45, 7) is 5.26. The van der Waals surface area contributed by atoms with Crippen molar-refractivity contribution in [1.82, 2.24) is 9.44 Å². The highest BCUT2D eigenvalue weighted by atomic mass is 32.2. The summed E-state index contributed by atoms with van der Waals surface area (Å²) in [5, 5.41) is 11.2. The summed E-state index contributed by atoms with van der Waals surface area (Å²) in [6.07, 6.45) is 0.723. The highest BCUT2D eigenvalue weighted by Gasteiger charge is 2.18. The van der Waals surface area contributed by atoms with Gasteiger partial charge >= 0.3 is 0 Å². The minimum absolute atomic E-state index is 0.000836. The molecule has 0 aliphatic rings. The maximum Gasteiger partial charge on any atom is 0.277 e. The van der Waals surface area contributed by atoms with Gasteiger partial charge in [-0.25, -0.2) is 0 Å². The molecule has 1 atom stereocenters. The number of nitrogens with two attached hydrogens (primary N) is 1. The lowest BCUT2D eigenvalue weighted by molar-refractivity contribution is 0.316. The van der Waals surface area contributed by atoms with Crippen LogP contribution in [0.1, 0.15) is 33.6 Å². The van der Waals surface area contributed by atoms with Crippen LogP contribution in [-0.4, -0.2) is 31.5 Å². The summed E-state index contributed by atoms with van der Waals surface area (Å²) < 4.78 is 27.9. The van der Waals surface area contributed by atoms with Crippen molar-refractivity contribution in [2.24, 2.45) is 10.9 Å². The van der Waals surface area contributed by atoms with Crippen LogP contribution in [0.5, 0.6) is 0 Å². The molecule has 0 radical (unpaired) electrons. The minimum Gasteiger partial charge on any atom is -0.409 e. The zero-order valence-electron chi connectivity index (χ0n) is 9.77. The molecule has 16 heavy (non-hydrogen) atoms. The molecule has 5 N–H and O–H groups in total. The lowest BCUT2D eigenvalue weighted by Gasteiger charge is -2.17. The predicted octanol–water partition coefficient (Wildman–Crippen LogP) is -0.266. The molecule has 0 aromatic rings. The fourth-order valence-electron chi connectivity index (χ4n) is 1.13. The second-order valence-electron chi connectivity index (χ2n) is 3.79. The van der Waals surface area contributed by atoms with E-state index in [0.29, 0.717) is 6.42 Å². The number of amidine groups is 1. The zero-order chi connectivity index (χ0) is 12.8. The summed E-state index contributed by atoms with van der Waals surface area (Å²) in [5.41, 5.74) is 5.31. The van der Waals surface area contributed by atoms with Gasteiger partial charge in [-0.2, -0.15) is 17.9 Å². The molecule has 1 unspecified atom stereocenters. The smallest absolute Gasteiger partial charge is 0.277 e. The third kappa shape index (κ3) is 6.59. The molecule has 8 heteroatoms. The Hall–Kier alpha value is -0.860. The van der Waals surface area contributed by atoms with Gasteiger partial charge in [-0.3, -0.25) is 0 Å². The molecular formula is C8H20N4O3S. The third-order valence-corrected chi connectivity index (χ3v) is 3.21. The van der Waals surface area contributed by atoms with E-state index in [1.54, 1.807) is 13.8 Å². The Morgan fingerprint density at radius 1 is 1.44 bits per heavy atom. The predicted molar refractivity (Wildman–Crippen MR) is 62.4 cm³/mol. The lowest BCUT2D eigenvalue weighted by Crippen LogP contribution is -2.46. The quantitative estimate of drug-likeness (QED) is 0.216. The molecule has 0 aromatic heterocycles. The zero-order valence-corrected chi connectivity index (χ0v) is 10.6. The first-order valence-corrected chi connectivity index (χ1v) is 6.55. The van der Waals surface area contributed by atoms with Crippen LogP contribution >= 0.6 is 0 Å². The van der Waals surface area contributed by atoms with E-state index in [9.17, 15) is 8.42 Å². The maximum absolute atomic E-state index is 11.5. The van der Waals surface area contributed by atoms with Crippen molar-refractivity contribution in [2.75, 3.05) is 0 Å².